The predicted molar refractivity (Wildman–Crippen MR) is 174 cm³/mol. The maximum atomic E-state index is 13.1. The summed E-state index contributed by atoms with van der Waals surface area (Å²) in [7, 11) is 0. The molecule has 10 rings (SSSR count). The number of nitrogens with zero attached hydrogens (tertiary/aromatic N) is 4. The van der Waals surface area contributed by atoms with Crippen molar-refractivity contribution in [1.29, 1.82) is 0 Å². The molecule has 4 aliphatic carbocycles. The van der Waals surface area contributed by atoms with Gasteiger partial charge in [0.15, 0.2) is 0 Å². The van der Waals surface area contributed by atoms with Gasteiger partial charge in [-0.3, -0.25) is 9.59 Å². The summed E-state index contributed by atoms with van der Waals surface area (Å²) in [5, 5.41) is 0. The molecular formula is C38H40N6O2. The minimum Gasteiger partial charge on any atom is -0.340 e. The summed E-state index contributed by atoms with van der Waals surface area (Å²) in [5.41, 5.74) is 6.49. The highest BCUT2D eigenvalue weighted by Crippen LogP contribution is 2.55. The average molecular weight is 613 g/mol. The van der Waals surface area contributed by atoms with Crippen LogP contribution >= 0.6 is 0 Å². The van der Waals surface area contributed by atoms with Crippen molar-refractivity contribution >= 4 is 11.8 Å². The van der Waals surface area contributed by atoms with E-state index in [0.717, 1.165) is 71.0 Å². The Morgan fingerprint density at radius 2 is 0.978 bits per heavy atom. The van der Waals surface area contributed by atoms with Crippen molar-refractivity contribution in [3.63, 3.8) is 0 Å². The Bertz CT molecular complexity index is 1680. The Balaban J connectivity index is 0.817. The van der Waals surface area contributed by atoms with Crippen LogP contribution < -0.4 is 0 Å². The first kappa shape index (κ1) is 27.0. The van der Waals surface area contributed by atoms with Crippen molar-refractivity contribution in [1.82, 2.24) is 29.7 Å². The number of hydrogen-bond acceptors (Lipinski definition) is 4. The molecule has 234 valence electrons. The lowest BCUT2D eigenvalue weighted by molar-refractivity contribution is -0.134. The average Bonchev–Trinajstić information content (AvgIpc) is 4.06. The third-order valence-electron chi connectivity index (χ3n) is 11.7. The standard InChI is InChI=1S/C38H40N6O2/c45-35(13-21-1-2-21)43-31-15-27(31)17-33(43)37-39-19-29(41-37)25-9-5-23(6-10-25)24-7-11-26(12-8-24)30-20-40-38(42-30)34-18-28-16-32(28)44(34)36(46)14-22-3-4-22/h5-12,19-22,27-28,31-34H,1-4,13-18H2,(H,39,41)(H,40,42)/t27-,28?,31?,32?,33+,34?/m1/s1. The van der Waals surface area contributed by atoms with Crippen LogP contribution in [0, 0.1) is 23.7 Å². The maximum absolute atomic E-state index is 13.1. The molecule has 2 saturated heterocycles. The topological polar surface area (TPSA) is 98.0 Å². The SMILES string of the molecule is O=C(CC1CC1)N1C(c2ncc(-c3ccc(-c4ccc(-c5cnc([C@@H]6C[C@H]7CC7N6C(=O)CC6CC6)[nH]5)cc4)cc3)[nH]2)CC2CC21. The summed E-state index contributed by atoms with van der Waals surface area (Å²) >= 11 is 0. The summed E-state index contributed by atoms with van der Waals surface area (Å²) in [6.45, 7) is 0. The minimum atomic E-state index is 0.0880. The second-order valence-electron chi connectivity index (χ2n) is 15.0. The number of fused-ring (bicyclic) bond motifs is 2. The Hall–Kier alpha value is -4.20. The van der Waals surface area contributed by atoms with Gasteiger partial charge < -0.3 is 19.8 Å². The monoisotopic (exact) mass is 612 g/mol. The van der Waals surface area contributed by atoms with Crippen LogP contribution in [0.25, 0.3) is 33.6 Å². The first-order valence-corrected chi connectivity index (χ1v) is 17.5. The van der Waals surface area contributed by atoms with Crippen molar-refractivity contribution in [3.8, 4) is 33.6 Å². The lowest BCUT2D eigenvalue weighted by atomic mass is 10.0. The first-order chi connectivity index (χ1) is 22.6. The Morgan fingerprint density at radius 3 is 1.37 bits per heavy atom. The number of benzene rings is 2. The van der Waals surface area contributed by atoms with E-state index < -0.39 is 0 Å². The van der Waals surface area contributed by atoms with Crippen molar-refractivity contribution in [2.45, 2.75) is 88.4 Å². The van der Waals surface area contributed by atoms with E-state index in [1.54, 1.807) is 0 Å². The summed E-state index contributed by atoms with van der Waals surface area (Å²) in [5.74, 6) is 5.02. The van der Waals surface area contributed by atoms with E-state index in [1.165, 1.54) is 25.7 Å². The lowest BCUT2D eigenvalue weighted by Gasteiger charge is -2.26. The highest BCUT2D eigenvalue weighted by molar-refractivity contribution is 5.79. The van der Waals surface area contributed by atoms with Crippen LogP contribution in [0.1, 0.15) is 87.9 Å². The van der Waals surface area contributed by atoms with Crippen LogP contribution in [0.3, 0.4) is 0 Å². The second kappa shape index (κ2) is 10.1. The molecule has 4 unspecified atom stereocenters. The summed E-state index contributed by atoms with van der Waals surface area (Å²) in [6.07, 6.45) is 14.5. The van der Waals surface area contributed by atoms with E-state index in [1.807, 2.05) is 12.4 Å². The molecule has 6 fully saturated rings. The first-order valence-electron chi connectivity index (χ1n) is 17.5. The number of aromatic amines is 2. The smallest absolute Gasteiger partial charge is 0.223 e. The third-order valence-corrected chi connectivity index (χ3v) is 11.7. The molecule has 2 aliphatic heterocycles. The number of carbonyl (C=O) groups excluding carboxylic acids is 2. The molecule has 2 amide bonds. The number of rotatable bonds is 9. The number of aromatic nitrogens is 4. The van der Waals surface area contributed by atoms with Gasteiger partial charge in [-0.15, -0.1) is 0 Å². The molecule has 6 atom stereocenters. The van der Waals surface area contributed by atoms with Crippen LogP contribution in [-0.2, 0) is 9.59 Å². The largest absolute Gasteiger partial charge is 0.340 e. The quantitative estimate of drug-likeness (QED) is 0.212. The molecule has 4 saturated carbocycles. The molecule has 2 N–H and O–H groups in total. The molecule has 4 aromatic rings. The van der Waals surface area contributed by atoms with Gasteiger partial charge >= 0.3 is 0 Å². The van der Waals surface area contributed by atoms with Crippen LogP contribution in [0.15, 0.2) is 60.9 Å². The summed E-state index contributed by atoms with van der Waals surface area (Å²) in [4.78, 5) is 47.1. The van der Waals surface area contributed by atoms with E-state index in [9.17, 15) is 9.59 Å². The lowest BCUT2D eigenvalue weighted by Crippen LogP contribution is -2.34. The second-order valence-corrected chi connectivity index (χ2v) is 15.0. The Labute approximate surface area is 269 Å². The Morgan fingerprint density at radius 1 is 0.587 bits per heavy atom. The van der Waals surface area contributed by atoms with Crippen LogP contribution in [0.5, 0.6) is 0 Å². The molecule has 8 nitrogen and oxygen atoms in total. The van der Waals surface area contributed by atoms with E-state index in [0.29, 0.717) is 60.4 Å². The van der Waals surface area contributed by atoms with Crippen molar-refractivity contribution < 1.29 is 9.59 Å². The van der Waals surface area contributed by atoms with Crippen molar-refractivity contribution in [2.24, 2.45) is 23.7 Å². The van der Waals surface area contributed by atoms with Gasteiger partial charge in [0.2, 0.25) is 11.8 Å². The number of likely N-dealkylation sites (tertiary alicyclic amines) is 2. The normalized spacial score (nSPS) is 29.1. The highest BCUT2D eigenvalue weighted by atomic mass is 16.2. The van der Waals surface area contributed by atoms with E-state index >= 15 is 0 Å². The highest BCUT2D eigenvalue weighted by Gasteiger charge is 2.56. The zero-order valence-corrected chi connectivity index (χ0v) is 26.1. The van der Waals surface area contributed by atoms with Gasteiger partial charge in [0.05, 0.1) is 35.9 Å². The van der Waals surface area contributed by atoms with Gasteiger partial charge in [0, 0.05) is 24.9 Å². The number of H-pyrrole nitrogens is 2. The van der Waals surface area contributed by atoms with Gasteiger partial charge in [-0.1, -0.05) is 48.5 Å². The van der Waals surface area contributed by atoms with Gasteiger partial charge in [-0.25, -0.2) is 9.97 Å². The third kappa shape index (κ3) is 4.79. The van der Waals surface area contributed by atoms with Gasteiger partial charge in [0.25, 0.3) is 0 Å². The molecule has 2 aromatic heterocycles. The van der Waals surface area contributed by atoms with Gasteiger partial charge in [0.1, 0.15) is 11.6 Å². The van der Waals surface area contributed by atoms with Crippen LogP contribution in [-0.4, -0.2) is 53.6 Å². The fourth-order valence-corrected chi connectivity index (χ4v) is 8.46. The number of hydrogen-bond donors (Lipinski definition) is 2. The maximum Gasteiger partial charge on any atom is 0.223 e. The molecule has 0 bridgehead atoms. The minimum absolute atomic E-state index is 0.0880. The predicted octanol–water partition coefficient (Wildman–Crippen LogP) is 7.06. The van der Waals surface area contributed by atoms with E-state index in [-0.39, 0.29) is 12.1 Å². The fourth-order valence-electron chi connectivity index (χ4n) is 8.46. The zero-order valence-electron chi connectivity index (χ0n) is 26.1. The number of nitrogens with one attached hydrogen (secondary N) is 2. The summed E-state index contributed by atoms with van der Waals surface area (Å²) < 4.78 is 0. The summed E-state index contributed by atoms with van der Waals surface area (Å²) in [6, 6.07) is 18.3. The van der Waals surface area contributed by atoms with E-state index in [2.05, 4.69) is 68.3 Å². The van der Waals surface area contributed by atoms with Crippen molar-refractivity contribution in [2.75, 3.05) is 0 Å². The molecule has 0 spiro atoms. The molecule has 2 aromatic carbocycles. The zero-order chi connectivity index (χ0) is 30.5. The number of amides is 2. The van der Waals surface area contributed by atoms with Crippen LogP contribution in [0.4, 0.5) is 0 Å². The van der Waals surface area contributed by atoms with Crippen LogP contribution in [0.2, 0.25) is 0 Å². The molecule has 8 heteroatoms. The van der Waals surface area contributed by atoms with Crippen molar-refractivity contribution in [3.05, 3.63) is 72.6 Å². The number of piperidine rings is 2. The molecule has 46 heavy (non-hydrogen) atoms. The van der Waals surface area contributed by atoms with Gasteiger partial charge in [-0.2, -0.15) is 0 Å². The number of carbonyl (C=O) groups is 2. The number of imidazole rings is 2. The van der Waals surface area contributed by atoms with E-state index in [4.69, 9.17) is 9.97 Å². The molecule has 0 radical (unpaired) electrons. The molecule has 6 aliphatic rings. The Kier molecular flexibility index (Phi) is 5.95. The van der Waals surface area contributed by atoms with Gasteiger partial charge in [-0.05, 0) is 97.3 Å². The fraction of sp³-hybridized carbons (Fsp3) is 0.474. The molecular weight excluding hydrogens is 572 g/mol. The molecule has 4 heterocycles.